The van der Waals surface area contributed by atoms with Crippen LogP contribution in [0.3, 0.4) is 0 Å². The molecule has 0 radical (unpaired) electrons. The first-order chi connectivity index (χ1) is 10.5. The zero-order valence-electron chi connectivity index (χ0n) is 11.6. The average molecular weight is 387 g/mol. The van der Waals surface area contributed by atoms with E-state index < -0.39 is 0 Å². The molecule has 0 fully saturated rings. The third-order valence-corrected chi connectivity index (χ3v) is 3.29. The van der Waals surface area contributed by atoms with Crippen LogP contribution in [0.4, 0.5) is 0 Å². The van der Waals surface area contributed by atoms with Gasteiger partial charge in [-0.25, -0.2) is 0 Å². The maximum atomic E-state index is 9.31. The van der Waals surface area contributed by atoms with Gasteiger partial charge in [-0.2, -0.15) is 0 Å². The third kappa shape index (κ3) is 7.99. The molecule has 0 atom stereocenters. The first-order valence-electron chi connectivity index (χ1n) is 6.46. The Labute approximate surface area is 149 Å². The Balaban J connectivity index is 2.16. The van der Waals surface area contributed by atoms with Crippen molar-refractivity contribution in [3.8, 4) is 11.5 Å². The van der Waals surface area contributed by atoms with Crippen LogP contribution in [0.5, 0.6) is 11.5 Å². The van der Waals surface area contributed by atoms with Crippen LogP contribution in [0.2, 0.25) is 10.0 Å². The Morgan fingerprint density at radius 2 is 1.86 bits per heavy atom. The molecule has 0 aromatic heterocycles. The molecule has 0 aliphatic carbocycles. The Kier molecular flexibility index (Phi) is 9.48. The molecule has 0 saturated heterocycles. The van der Waals surface area contributed by atoms with E-state index in [-0.39, 0.29) is 26.9 Å². The minimum Gasteiger partial charge on any atom is -0.508 e. The standard InChI is InChI=1S/C14H15Cl4NO3/c15-11-8-10(20)9-12(16)14(11)21-6-3-1-2-5-19-22-7-4-13(17)18/h4-5,8-9,20H,1-3,6-7H2/b19-5+. The normalized spacial score (nSPS) is 10.7. The molecule has 1 aromatic rings. The Morgan fingerprint density at radius 3 is 2.50 bits per heavy atom. The van der Waals surface area contributed by atoms with Gasteiger partial charge in [0.05, 0.1) is 16.7 Å². The zero-order valence-corrected chi connectivity index (χ0v) is 14.6. The minimum absolute atomic E-state index is 0.00357. The fourth-order valence-corrected chi connectivity index (χ4v) is 2.16. The van der Waals surface area contributed by atoms with E-state index in [1.807, 2.05) is 0 Å². The molecule has 4 nitrogen and oxygen atoms in total. The van der Waals surface area contributed by atoms with Crippen molar-refractivity contribution in [3.63, 3.8) is 0 Å². The van der Waals surface area contributed by atoms with E-state index in [1.54, 1.807) is 6.21 Å². The molecule has 122 valence electrons. The van der Waals surface area contributed by atoms with Crippen molar-refractivity contribution in [2.45, 2.75) is 19.3 Å². The summed E-state index contributed by atoms with van der Waals surface area (Å²) in [5.41, 5.74) is 0. The van der Waals surface area contributed by atoms with E-state index in [2.05, 4.69) is 5.16 Å². The quantitative estimate of drug-likeness (QED) is 0.343. The van der Waals surface area contributed by atoms with E-state index >= 15 is 0 Å². The molecule has 0 spiro atoms. The molecule has 0 aliphatic rings. The lowest BCUT2D eigenvalue weighted by atomic mass is 10.2. The van der Waals surface area contributed by atoms with Gasteiger partial charge in [0.2, 0.25) is 0 Å². The fourth-order valence-electron chi connectivity index (χ4n) is 1.45. The van der Waals surface area contributed by atoms with Crippen molar-refractivity contribution < 1.29 is 14.7 Å². The second-order valence-corrected chi connectivity index (χ2v) is 5.98. The maximum absolute atomic E-state index is 9.31. The molecule has 0 unspecified atom stereocenters. The number of unbranched alkanes of at least 4 members (excludes halogenated alkanes) is 2. The summed E-state index contributed by atoms with van der Waals surface area (Å²) in [7, 11) is 0. The molecule has 0 amide bonds. The number of phenols is 1. The lowest BCUT2D eigenvalue weighted by molar-refractivity contribution is 0.175. The highest BCUT2D eigenvalue weighted by atomic mass is 35.5. The molecule has 0 heterocycles. The van der Waals surface area contributed by atoms with E-state index in [0.29, 0.717) is 12.4 Å². The number of oxime groups is 1. The first kappa shape index (κ1) is 19.2. The Bertz CT molecular complexity index is 508. The van der Waals surface area contributed by atoms with E-state index in [0.717, 1.165) is 19.3 Å². The fraction of sp³-hybridized carbons (Fsp3) is 0.357. The summed E-state index contributed by atoms with van der Waals surface area (Å²) in [6.07, 6.45) is 5.58. The van der Waals surface area contributed by atoms with Gasteiger partial charge in [-0.05, 0) is 25.3 Å². The molecule has 8 heteroatoms. The van der Waals surface area contributed by atoms with Crippen LogP contribution in [0.15, 0.2) is 27.9 Å². The summed E-state index contributed by atoms with van der Waals surface area (Å²) in [6.45, 7) is 0.698. The summed E-state index contributed by atoms with van der Waals surface area (Å²) < 4.78 is 5.66. The number of rotatable bonds is 9. The van der Waals surface area contributed by atoms with Crippen LogP contribution in [-0.4, -0.2) is 24.5 Å². The third-order valence-electron chi connectivity index (χ3n) is 2.42. The Hall–Kier alpha value is -0.810. The van der Waals surface area contributed by atoms with Gasteiger partial charge < -0.3 is 14.7 Å². The Morgan fingerprint density at radius 1 is 1.18 bits per heavy atom. The summed E-state index contributed by atoms with van der Waals surface area (Å²) in [6, 6.07) is 2.77. The van der Waals surface area contributed by atoms with Gasteiger partial charge in [0.1, 0.15) is 16.8 Å². The average Bonchev–Trinajstić information content (AvgIpc) is 2.42. The molecular formula is C14H15Cl4NO3. The molecule has 0 saturated carbocycles. The highest BCUT2D eigenvalue weighted by Crippen LogP contribution is 2.36. The van der Waals surface area contributed by atoms with Gasteiger partial charge in [0.25, 0.3) is 0 Å². The number of aromatic hydroxyl groups is 1. The number of phenolic OH excluding ortho intramolecular Hbond substituents is 1. The predicted molar refractivity (Wildman–Crippen MR) is 91.7 cm³/mol. The molecule has 0 aliphatic heterocycles. The highest BCUT2D eigenvalue weighted by Gasteiger charge is 2.09. The second kappa shape index (κ2) is 10.8. The zero-order chi connectivity index (χ0) is 16.4. The SMILES string of the molecule is Oc1cc(Cl)c(OCCCC/C=N/OCC=C(Cl)Cl)c(Cl)c1. The molecule has 1 aromatic carbocycles. The number of halogens is 4. The van der Waals surface area contributed by atoms with Crippen LogP contribution in [0.1, 0.15) is 19.3 Å². The number of hydrogen-bond donors (Lipinski definition) is 1. The highest BCUT2D eigenvalue weighted by molar-refractivity contribution is 6.55. The van der Waals surface area contributed by atoms with Gasteiger partial charge in [-0.3, -0.25) is 0 Å². The van der Waals surface area contributed by atoms with E-state index in [4.69, 9.17) is 56.0 Å². The molecule has 0 bridgehead atoms. The van der Waals surface area contributed by atoms with Gasteiger partial charge in [-0.1, -0.05) is 51.6 Å². The number of benzene rings is 1. The van der Waals surface area contributed by atoms with Gasteiger partial charge in [-0.15, -0.1) is 0 Å². The van der Waals surface area contributed by atoms with Gasteiger partial charge in [0.15, 0.2) is 5.75 Å². The van der Waals surface area contributed by atoms with Crippen molar-refractivity contribution in [2.24, 2.45) is 5.16 Å². The largest absolute Gasteiger partial charge is 0.508 e. The number of nitrogens with zero attached hydrogens (tertiary/aromatic N) is 1. The van der Waals surface area contributed by atoms with Gasteiger partial charge >= 0.3 is 0 Å². The molecule has 1 N–H and O–H groups in total. The summed E-state index contributed by atoms with van der Waals surface area (Å²) in [5.74, 6) is 0.381. The minimum atomic E-state index is 0.00357. The second-order valence-electron chi connectivity index (χ2n) is 4.16. The van der Waals surface area contributed by atoms with Crippen molar-refractivity contribution in [1.29, 1.82) is 0 Å². The summed E-state index contributed by atoms with van der Waals surface area (Å²) in [4.78, 5) is 4.90. The lowest BCUT2D eigenvalue weighted by Crippen LogP contribution is -1.98. The van der Waals surface area contributed by atoms with Crippen molar-refractivity contribution in [1.82, 2.24) is 0 Å². The van der Waals surface area contributed by atoms with Crippen LogP contribution >= 0.6 is 46.4 Å². The molecule has 22 heavy (non-hydrogen) atoms. The number of ether oxygens (including phenoxy) is 1. The van der Waals surface area contributed by atoms with Crippen molar-refractivity contribution in [2.75, 3.05) is 13.2 Å². The van der Waals surface area contributed by atoms with Crippen molar-refractivity contribution in [3.05, 3.63) is 32.7 Å². The van der Waals surface area contributed by atoms with Crippen molar-refractivity contribution >= 4 is 52.6 Å². The first-order valence-corrected chi connectivity index (χ1v) is 7.97. The maximum Gasteiger partial charge on any atom is 0.156 e. The molecular weight excluding hydrogens is 372 g/mol. The summed E-state index contributed by atoms with van der Waals surface area (Å²) in [5, 5.41) is 13.6. The van der Waals surface area contributed by atoms with E-state index in [9.17, 15) is 5.11 Å². The van der Waals surface area contributed by atoms with Gasteiger partial charge in [0, 0.05) is 18.3 Å². The lowest BCUT2D eigenvalue weighted by Gasteiger charge is -2.09. The number of hydrogen-bond acceptors (Lipinski definition) is 4. The monoisotopic (exact) mass is 385 g/mol. The molecule has 1 rings (SSSR count). The van der Waals surface area contributed by atoms with Crippen LogP contribution < -0.4 is 4.74 Å². The van der Waals surface area contributed by atoms with E-state index in [1.165, 1.54) is 18.2 Å². The predicted octanol–water partition coefficient (Wildman–Crippen LogP) is 5.57. The smallest absolute Gasteiger partial charge is 0.156 e. The summed E-state index contributed by atoms with van der Waals surface area (Å²) >= 11 is 22.7. The van der Waals surface area contributed by atoms with Crippen LogP contribution in [0, 0.1) is 0 Å². The topological polar surface area (TPSA) is 51.0 Å². The van der Waals surface area contributed by atoms with Crippen LogP contribution in [0.25, 0.3) is 0 Å². The van der Waals surface area contributed by atoms with Crippen LogP contribution in [-0.2, 0) is 4.84 Å².